The maximum atomic E-state index is 4.87. The van der Waals surface area contributed by atoms with Crippen LogP contribution in [0.25, 0.3) is 136 Å². The van der Waals surface area contributed by atoms with E-state index in [-0.39, 0.29) is 0 Å². The molecule has 0 saturated carbocycles. The van der Waals surface area contributed by atoms with Crippen LogP contribution in [0.3, 0.4) is 0 Å². The molecule has 0 bridgehead atoms. The molecule has 10 nitrogen and oxygen atoms in total. The largest absolute Gasteiger partial charge is 0.311 e. The number of nitrogens with zero attached hydrogens (tertiary/aromatic N) is 10. The molecule has 13 heteroatoms. The number of anilines is 12. The molecule has 3 heterocycles. The molecule has 602 valence electrons. The fraction of sp³-hybridized carbons (Fsp3) is 0. The highest BCUT2D eigenvalue weighted by molar-refractivity contribution is 7.00. The summed E-state index contributed by atoms with van der Waals surface area (Å²) < 4.78 is 29.2. The third-order valence-corrected chi connectivity index (χ3v) is 24.8. The van der Waals surface area contributed by atoms with Gasteiger partial charge in [-0.3, -0.25) is 0 Å². The van der Waals surface area contributed by atoms with E-state index < -0.39 is 0 Å². The first kappa shape index (κ1) is 78.1. The molecule has 127 heavy (non-hydrogen) atoms. The molecule has 3 aromatic heterocycles. The molecule has 21 rings (SSSR count). The van der Waals surface area contributed by atoms with Crippen LogP contribution in [0.5, 0.6) is 0 Å². The lowest BCUT2D eigenvalue weighted by atomic mass is 9.97. The van der Waals surface area contributed by atoms with Crippen LogP contribution in [-0.2, 0) is 0 Å². The second-order valence-corrected chi connectivity index (χ2v) is 32.6. The fourth-order valence-corrected chi connectivity index (χ4v) is 18.4. The van der Waals surface area contributed by atoms with E-state index in [0.29, 0.717) is 0 Å². The fourth-order valence-electron chi connectivity index (χ4n) is 16.7. The molecule has 0 atom stereocenters. The Balaban J connectivity index is 0.517. The summed E-state index contributed by atoms with van der Waals surface area (Å²) in [4.78, 5) is 9.15. The van der Waals surface area contributed by atoms with Crippen molar-refractivity contribution >= 4 is 173 Å². The van der Waals surface area contributed by atoms with E-state index in [4.69, 9.17) is 26.2 Å². The maximum Gasteiger partial charge on any atom is 0.113 e. The Bertz CT molecular complexity index is 6630. The van der Waals surface area contributed by atoms with Gasteiger partial charge in [0.05, 0.1) is 35.2 Å². The lowest BCUT2D eigenvalue weighted by molar-refractivity contribution is 1.28. The predicted octanol–water partition coefficient (Wildman–Crippen LogP) is 32.1. The molecule has 0 fully saturated rings. The highest BCUT2D eigenvalue weighted by atomic mass is 32.1. The first-order valence-electron chi connectivity index (χ1n) is 42.2. The van der Waals surface area contributed by atoms with Crippen molar-refractivity contribution in [3.63, 3.8) is 0 Å². The molecular weight excluding hydrogens is 1610 g/mol. The van der Waals surface area contributed by atoms with Crippen LogP contribution in [0.4, 0.5) is 68.2 Å². The average molecular weight is 1680 g/mol. The molecule has 0 unspecified atom stereocenters. The van der Waals surface area contributed by atoms with Gasteiger partial charge < -0.3 is 19.6 Å². The standard InChI is InChI=1S/C114H78N10S3/c1-7-19-91(20-8-1)121(92-21-9-2-10-22-92)100-67-55-88(56-68-100)106-76-73-103(109-112(106)118-125-115-109)85-49-37-79(38-50-85)31-34-82-43-61-97(62-44-82)124(98-63-45-83(46-64-98)35-32-80-39-51-86(52-40-80)104-74-77-107(113-110(104)116-126-119-113)89-57-69-101(70-58-89)122(93-23-11-3-12-24-93)94-25-13-4-14-26-94)99-65-47-84(48-66-99)36-33-81-41-53-87(54-42-81)105-75-78-108(114-111(105)117-127-120-114)90-59-71-102(72-60-90)123(95-27-15-5-16-28-95)96-29-17-6-18-30-96/h1-78H/b34-31+,35-32+,36-33+. The van der Waals surface area contributed by atoms with Gasteiger partial charge in [-0.25, -0.2) is 0 Å². The Labute approximate surface area is 750 Å². The molecule has 0 N–H and O–H groups in total. The van der Waals surface area contributed by atoms with Crippen molar-refractivity contribution in [1.82, 2.24) is 26.2 Å². The minimum absolute atomic E-state index is 0.895. The third-order valence-electron chi connectivity index (χ3n) is 23.2. The van der Waals surface area contributed by atoms with Crippen molar-refractivity contribution in [3.05, 3.63) is 470 Å². The van der Waals surface area contributed by atoms with Crippen LogP contribution >= 0.6 is 35.2 Å². The highest BCUT2D eigenvalue weighted by Gasteiger charge is 2.22. The van der Waals surface area contributed by atoms with Crippen molar-refractivity contribution in [2.45, 2.75) is 0 Å². The molecule has 0 radical (unpaired) electrons. The SMILES string of the molecule is C(=C\c1ccc(N(c2ccc(/C=C/c3ccc(-c4ccc(-c5ccc(N(c6ccccc6)c6ccccc6)cc5)c5nsnc45)cc3)cc2)c2ccc(/C=C/c3ccc(-c4ccc(-c5ccc(N(c6ccccc6)c6ccccc6)cc5)c5nsnc45)cc3)cc2)cc1)/c1ccc(-c2ccc(-c3ccc(N(c4ccccc4)c4ccccc4)cc3)c3nsnc23)cc1. The second-order valence-electron chi connectivity index (χ2n) is 31.0. The average Bonchev–Trinajstić information content (AvgIpc) is 1.70. The Kier molecular flexibility index (Phi) is 22.0. The molecule has 0 saturated heterocycles. The minimum atomic E-state index is 0.895. The Morgan fingerprint density at radius 3 is 0.417 bits per heavy atom. The lowest BCUT2D eigenvalue weighted by Gasteiger charge is -2.26. The topological polar surface area (TPSA) is 90.3 Å². The van der Waals surface area contributed by atoms with Gasteiger partial charge in [0.25, 0.3) is 0 Å². The van der Waals surface area contributed by atoms with E-state index in [0.717, 1.165) is 201 Å². The smallest absolute Gasteiger partial charge is 0.113 e. The molecule has 0 amide bonds. The summed E-state index contributed by atoms with van der Waals surface area (Å²) in [6, 6.07) is 155. The molecule has 21 aromatic rings. The zero-order chi connectivity index (χ0) is 84.6. The quantitative estimate of drug-likeness (QED) is 0.0545. The van der Waals surface area contributed by atoms with Gasteiger partial charge in [-0.15, -0.1) is 0 Å². The van der Waals surface area contributed by atoms with Crippen LogP contribution in [0.2, 0.25) is 0 Å². The van der Waals surface area contributed by atoms with E-state index in [1.807, 2.05) is 0 Å². The molecular formula is C114H78N10S3. The van der Waals surface area contributed by atoms with Crippen LogP contribution in [0.15, 0.2) is 437 Å². The van der Waals surface area contributed by atoms with Crippen LogP contribution in [0.1, 0.15) is 33.4 Å². The van der Waals surface area contributed by atoms with Gasteiger partial charge in [0.15, 0.2) is 0 Å². The van der Waals surface area contributed by atoms with E-state index in [1.165, 1.54) is 35.2 Å². The predicted molar refractivity (Wildman–Crippen MR) is 537 cm³/mol. The normalized spacial score (nSPS) is 11.5. The summed E-state index contributed by atoms with van der Waals surface area (Å²) in [5.74, 6) is 0. The van der Waals surface area contributed by atoms with Gasteiger partial charge in [-0.2, -0.15) is 26.2 Å². The Morgan fingerprint density at radius 2 is 0.260 bits per heavy atom. The molecule has 0 aliphatic heterocycles. The summed E-state index contributed by atoms with van der Waals surface area (Å²) in [6.45, 7) is 0. The van der Waals surface area contributed by atoms with E-state index in [9.17, 15) is 0 Å². The third kappa shape index (κ3) is 16.5. The summed E-state index contributed by atoms with van der Waals surface area (Å²) in [5.41, 5.74) is 37.6. The van der Waals surface area contributed by atoms with E-state index >= 15 is 0 Å². The number of para-hydroxylation sites is 6. The van der Waals surface area contributed by atoms with Gasteiger partial charge in [0.2, 0.25) is 0 Å². The highest BCUT2D eigenvalue weighted by Crippen LogP contribution is 2.45. The molecule has 0 aliphatic carbocycles. The number of hydrogen-bond donors (Lipinski definition) is 0. The van der Waals surface area contributed by atoms with Crippen molar-refractivity contribution < 1.29 is 0 Å². The summed E-state index contributed by atoms with van der Waals surface area (Å²) >= 11 is 3.75. The Morgan fingerprint density at radius 1 is 0.134 bits per heavy atom. The summed E-state index contributed by atoms with van der Waals surface area (Å²) in [5, 5.41) is 0. The summed E-state index contributed by atoms with van der Waals surface area (Å²) in [7, 11) is 0. The van der Waals surface area contributed by atoms with Gasteiger partial charge in [-0.05, 0) is 212 Å². The van der Waals surface area contributed by atoms with Gasteiger partial charge in [0.1, 0.15) is 33.1 Å². The minimum Gasteiger partial charge on any atom is -0.311 e. The van der Waals surface area contributed by atoms with E-state index in [2.05, 4.69) is 493 Å². The molecule has 18 aromatic carbocycles. The monoisotopic (exact) mass is 1680 g/mol. The zero-order valence-corrected chi connectivity index (χ0v) is 71.2. The molecule has 0 aliphatic rings. The molecule has 0 spiro atoms. The van der Waals surface area contributed by atoms with Crippen LogP contribution < -0.4 is 19.6 Å². The second kappa shape index (κ2) is 35.7. The first-order valence-corrected chi connectivity index (χ1v) is 44.4. The van der Waals surface area contributed by atoms with Crippen molar-refractivity contribution in [2.24, 2.45) is 0 Å². The number of aromatic nitrogens is 6. The Hall–Kier alpha value is -16.2. The maximum absolute atomic E-state index is 4.87. The van der Waals surface area contributed by atoms with Gasteiger partial charge in [-0.1, -0.05) is 328 Å². The van der Waals surface area contributed by atoms with Crippen LogP contribution in [-0.4, -0.2) is 26.2 Å². The first-order chi connectivity index (χ1) is 62.9. The van der Waals surface area contributed by atoms with Crippen LogP contribution in [0, 0.1) is 0 Å². The number of benzene rings is 18. The number of hydrogen-bond acceptors (Lipinski definition) is 13. The van der Waals surface area contributed by atoms with Crippen molar-refractivity contribution in [3.8, 4) is 66.8 Å². The van der Waals surface area contributed by atoms with Gasteiger partial charge >= 0.3 is 0 Å². The number of fused-ring (bicyclic) bond motifs is 3. The van der Waals surface area contributed by atoms with Crippen molar-refractivity contribution in [1.29, 1.82) is 0 Å². The lowest BCUT2D eigenvalue weighted by Crippen LogP contribution is -2.09. The van der Waals surface area contributed by atoms with Gasteiger partial charge in [0, 0.05) is 102 Å². The number of rotatable bonds is 24. The zero-order valence-electron chi connectivity index (χ0n) is 68.7. The summed E-state index contributed by atoms with van der Waals surface area (Å²) in [6.07, 6.45) is 13.1. The van der Waals surface area contributed by atoms with E-state index in [1.54, 1.807) is 0 Å². The van der Waals surface area contributed by atoms with Crippen molar-refractivity contribution in [2.75, 3.05) is 19.6 Å².